The van der Waals surface area contributed by atoms with Crippen molar-refractivity contribution in [3.8, 4) is 5.75 Å². The molecule has 1 amide bonds. The monoisotopic (exact) mass is 372 g/mol. The molecular formula is C20H24N2O3S. The SMILES string of the molecule is CC1CCc2nc(NC(=O)c3ccc(OCC4CCCO4)cc3)sc2C1. The summed E-state index contributed by atoms with van der Waals surface area (Å²) < 4.78 is 11.3. The van der Waals surface area contributed by atoms with E-state index in [1.54, 1.807) is 23.5 Å². The van der Waals surface area contributed by atoms with Crippen LogP contribution in [0.1, 0.15) is 47.1 Å². The lowest BCUT2D eigenvalue weighted by atomic mass is 9.93. The number of rotatable bonds is 5. The molecule has 1 aromatic carbocycles. The topological polar surface area (TPSA) is 60.5 Å². The van der Waals surface area contributed by atoms with E-state index in [9.17, 15) is 4.79 Å². The number of amides is 1. The molecule has 0 spiro atoms. The fourth-order valence-electron chi connectivity index (χ4n) is 3.43. The highest BCUT2D eigenvalue weighted by atomic mass is 32.1. The largest absolute Gasteiger partial charge is 0.491 e. The summed E-state index contributed by atoms with van der Waals surface area (Å²) in [7, 11) is 0. The maximum atomic E-state index is 12.5. The molecule has 1 saturated heterocycles. The summed E-state index contributed by atoms with van der Waals surface area (Å²) in [6, 6.07) is 7.24. The first-order valence-electron chi connectivity index (χ1n) is 9.32. The maximum absolute atomic E-state index is 12.5. The Kier molecular flexibility index (Phi) is 5.22. The zero-order valence-electron chi connectivity index (χ0n) is 15.0. The number of fused-ring (bicyclic) bond motifs is 1. The van der Waals surface area contributed by atoms with Crippen LogP contribution >= 0.6 is 11.3 Å². The zero-order valence-corrected chi connectivity index (χ0v) is 15.8. The minimum Gasteiger partial charge on any atom is -0.491 e. The van der Waals surface area contributed by atoms with Crippen molar-refractivity contribution in [2.24, 2.45) is 5.92 Å². The molecule has 0 bridgehead atoms. The van der Waals surface area contributed by atoms with Crippen LogP contribution in [0.2, 0.25) is 0 Å². The van der Waals surface area contributed by atoms with Crippen molar-refractivity contribution >= 4 is 22.4 Å². The van der Waals surface area contributed by atoms with Crippen LogP contribution in [-0.4, -0.2) is 30.2 Å². The first-order valence-corrected chi connectivity index (χ1v) is 10.1. The number of thiazole rings is 1. The van der Waals surface area contributed by atoms with Gasteiger partial charge in [0.25, 0.3) is 5.91 Å². The number of nitrogens with one attached hydrogen (secondary N) is 1. The van der Waals surface area contributed by atoms with Crippen molar-refractivity contribution in [2.45, 2.75) is 45.1 Å². The van der Waals surface area contributed by atoms with Gasteiger partial charge in [0.1, 0.15) is 12.4 Å². The molecule has 6 heteroatoms. The predicted molar refractivity (Wildman–Crippen MR) is 102 cm³/mol. The third kappa shape index (κ3) is 4.07. The van der Waals surface area contributed by atoms with E-state index in [0.717, 1.165) is 43.7 Å². The van der Waals surface area contributed by atoms with Crippen molar-refractivity contribution < 1.29 is 14.3 Å². The zero-order chi connectivity index (χ0) is 17.9. The number of ether oxygens (including phenoxy) is 2. The average Bonchev–Trinajstić information content (AvgIpc) is 3.29. The number of carbonyl (C=O) groups excluding carboxylic acids is 1. The van der Waals surface area contributed by atoms with E-state index in [1.807, 2.05) is 12.1 Å². The highest BCUT2D eigenvalue weighted by molar-refractivity contribution is 7.15. The number of anilines is 1. The molecule has 2 unspecified atom stereocenters. The van der Waals surface area contributed by atoms with E-state index in [4.69, 9.17) is 9.47 Å². The molecule has 4 rings (SSSR count). The van der Waals surface area contributed by atoms with E-state index in [1.165, 1.54) is 11.3 Å². The second-order valence-corrected chi connectivity index (χ2v) is 8.25. The van der Waals surface area contributed by atoms with E-state index in [-0.39, 0.29) is 12.0 Å². The number of nitrogens with zero attached hydrogens (tertiary/aromatic N) is 1. The Balaban J connectivity index is 1.34. The number of benzene rings is 1. The van der Waals surface area contributed by atoms with Crippen molar-refractivity contribution in [1.82, 2.24) is 4.98 Å². The van der Waals surface area contributed by atoms with Crippen molar-refractivity contribution in [3.05, 3.63) is 40.4 Å². The van der Waals surface area contributed by atoms with Crippen LogP contribution in [0.5, 0.6) is 5.75 Å². The summed E-state index contributed by atoms with van der Waals surface area (Å²) in [5.41, 5.74) is 1.76. The van der Waals surface area contributed by atoms with Crippen LogP contribution < -0.4 is 10.1 Å². The lowest BCUT2D eigenvalue weighted by Gasteiger charge is -2.15. The number of hydrogen-bond acceptors (Lipinski definition) is 5. The Bertz CT molecular complexity index is 766. The number of carbonyl (C=O) groups is 1. The van der Waals surface area contributed by atoms with Crippen molar-refractivity contribution in [2.75, 3.05) is 18.5 Å². The molecule has 1 aliphatic heterocycles. The number of aromatic nitrogens is 1. The molecule has 1 aromatic heterocycles. The Labute approximate surface area is 157 Å². The van der Waals surface area contributed by atoms with Gasteiger partial charge in [0.2, 0.25) is 0 Å². The second kappa shape index (κ2) is 7.76. The molecule has 1 N–H and O–H groups in total. The lowest BCUT2D eigenvalue weighted by Crippen LogP contribution is -2.16. The summed E-state index contributed by atoms with van der Waals surface area (Å²) >= 11 is 1.61. The smallest absolute Gasteiger partial charge is 0.257 e. The highest BCUT2D eigenvalue weighted by Gasteiger charge is 2.21. The summed E-state index contributed by atoms with van der Waals surface area (Å²) in [4.78, 5) is 18.4. The summed E-state index contributed by atoms with van der Waals surface area (Å²) in [6.45, 7) is 3.66. The van der Waals surface area contributed by atoms with Crippen molar-refractivity contribution in [3.63, 3.8) is 0 Å². The molecule has 5 nitrogen and oxygen atoms in total. The summed E-state index contributed by atoms with van der Waals surface area (Å²) in [5, 5.41) is 3.64. The minimum absolute atomic E-state index is 0.130. The molecular weight excluding hydrogens is 348 g/mol. The van der Waals surface area contributed by atoms with Crippen LogP contribution in [-0.2, 0) is 17.6 Å². The Morgan fingerprint density at radius 3 is 2.96 bits per heavy atom. The van der Waals surface area contributed by atoms with Gasteiger partial charge in [-0.05, 0) is 62.3 Å². The predicted octanol–water partition coefficient (Wildman–Crippen LogP) is 4.08. The molecule has 0 radical (unpaired) electrons. The van der Waals surface area contributed by atoms with Crippen LogP contribution in [0.4, 0.5) is 5.13 Å². The first-order chi connectivity index (χ1) is 12.7. The number of hydrogen-bond donors (Lipinski definition) is 1. The average molecular weight is 372 g/mol. The molecule has 138 valence electrons. The quantitative estimate of drug-likeness (QED) is 0.859. The summed E-state index contributed by atoms with van der Waals surface area (Å²) in [5.74, 6) is 1.33. The van der Waals surface area contributed by atoms with Gasteiger partial charge in [0, 0.05) is 17.0 Å². The van der Waals surface area contributed by atoms with Crippen LogP contribution in [0.3, 0.4) is 0 Å². The molecule has 1 aliphatic carbocycles. The van der Waals surface area contributed by atoms with Gasteiger partial charge in [-0.2, -0.15) is 0 Å². The van der Waals surface area contributed by atoms with E-state index < -0.39 is 0 Å². The molecule has 2 atom stereocenters. The van der Waals surface area contributed by atoms with Crippen LogP contribution in [0.25, 0.3) is 0 Å². The summed E-state index contributed by atoms with van der Waals surface area (Å²) in [6.07, 6.45) is 5.61. The third-order valence-electron chi connectivity index (χ3n) is 4.98. The van der Waals surface area contributed by atoms with E-state index in [0.29, 0.717) is 23.2 Å². The van der Waals surface area contributed by atoms with Crippen molar-refractivity contribution in [1.29, 1.82) is 0 Å². The molecule has 26 heavy (non-hydrogen) atoms. The highest BCUT2D eigenvalue weighted by Crippen LogP contribution is 2.32. The fourth-order valence-corrected chi connectivity index (χ4v) is 4.60. The van der Waals surface area contributed by atoms with Gasteiger partial charge in [0.15, 0.2) is 5.13 Å². The molecule has 0 saturated carbocycles. The standard InChI is InChI=1S/C20H24N2O3S/c1-13-4-9-17-18(11-13)26-20(21-17)22-19(23)14-5-7-15(8-6-14)25-12-16-3-2-10-24-16/h5-8,13,16H,2-4,9-12H2,1H3,(H,21,22,23). The number of aryl methyl sites for hydroxylation is 1. The van der Waals surface area contributed by atoms with E-state index >= 15 is 0 Å². The fraction of sp³-hybridized carbons (Fsp3) is 0.500. The van der Waals surface area contributed by atoms with Crippen LogP contribution in [0, 0.1) is 5.92 Å². The van der Waals surface area contributed by atoms with Gasteiger partial charge in [-0.3, -0.25) is 10.1 Å². The maximum Gasteiger partial charge on any atom is 0.257 e. The normalized spacial score (nSPS) is 22.0. The van der Waals surface area contributed by atoms with Crippen LogP contribution in [0.15, 0.2) is 24.3 Å². The van der Waals surface area contributed by atoms with Gasteiger partial charge in [-0.15, -0.1) is 11.3 Å². The molecule has 2 aliphatic rings. The van der Waals surface area contributed by atoms with Gasteiger partial charge in [-0.1, -0.05) is 6.92 Å². The molecule has 1 fully saturated rings. The Morgan fingerprint density at radius 1 is 1.35 bits per heavy atom. The van der Waals surface area contributed by atoms with E-state index in [2.05, 4.69) is 17.2 Å². The third-order valence-corrected chi connectivity index (χ3v) is 6.02. The molecule has 2 aromatic rings. The van der Waals surface area contributed by atoms with Gasteiger partial charge >= 0.3 is 0 Å². The van der Waals surface area contributed by atoms with Gasteiger partial charge < -0.3 is 9.47 Å². The van der Waals surface area contributed by atoms with Gasteiger partial charge in [-0.25, -0.2) is 4.98 Å². The first kappa shape index (κ1) is 17.5. The lowest BCUT2D eigenvalue weighted by molar-refractivity contribution is 0.0679. The Morgan fingerprint density at radius 2 is 2.19 bits per heavy atom. The molecule has 2 heterocycles. The van der Waals surface area contributed by atoms with Gasteiger partial charge in [0.05, 0.1) is 11.8 Å². The minimum atomic E-state index is -0.130. The second-order valence-electron chi connectivity index (χ2n) is 7.16. The Hall–Kier alpha value is -1.92.